The summed E-state index contributed by atoms with van der Waals surface area (Å²) in [7, 11) is 3.67. The van der Waals surface area contributed by atoms with Gasteiger partial charge in [0.15, 0.2) is 0 Å². The van der Waals surface area contributed by atoms with Crippen molar-refractivity contribution in [2.45, 2.75) is 45.1 Å². The molecule has 1 saturated heterocycles. The number of likely N-dealkylation sites (tertiary alicyclic amines) is 1. The van der Waals surface area contributed by atoms with E-state index < -0.39 is 0 Å². The second-order valence-corrected chi connectivity index (χ2v) is 4.31. The maximum Gasteiger partial charge on any atom is 0.319 e. The molecular weight excluding hydrogens is 176 g/mol. The van der Waals surface area contributed by atoms with Gasteiger partial charge < -0.3 is 9.80 Å². The van der Waals surface area contributed by atoms with Crippen molar-refractivity contribution in [2.24, 2.45) is 0 Å². The molecule has 3 nitrogen and oxygen atoms in total. The summed E-state index contributed by atoms with van der Waals surface area (Å²) in [4.78, 5) is 15.6. The number of nitrogens with zero attached hydrogens (tertiary/aromatic N) is 2. The van der Waals surface area contributed by atoms with E-state index in [2.05, 4.69) is 6.92 Å². The monoisotopic (exact) mass is 198 g/mol. The zero-order valence-electron chi connectivity index (χ0n) is 9.62. The Balaban J connectivity index is 2.57. The van der Waals surface area contributed by atoms with Crippen molar-refractivity contribution in [3.63, 3.8) is 0 Å². The lowest BCUT2D eigenvalue weighted by Crippen LogP contribution is -2.48. The molecule has 0 spiro atoms. The molecule has 1 rings (SSSR count). The summed E-state index contributed by atoms with van der Waals surface area (Å²) in [5, 5.41) is 0. The minimum atomic E-state index is 0.183. The van der Waals surface area contributed by atoms with Crippen LogP contribution in [0.3, 0.4) is 0 Å². The van der Waals surface area contributed by atoms with Crippen LogP contribution in [0.15, 0.2) is 0 Å². The van der Waals surface area contributed by atoms with E-state index in [1.807, 2.05) is 19.0 Å². The molecule has 1 heterocycles. The van der Waals surface area contributed by atoms with Gasteiger partial charge in [0.05, 0.1) is 0 Å². The van der Waals surface area contributed by atoms with Crippen LogP contribution in [0, 0.1) is 0 Å². The number of hydrogen-bond donors (Lipinski definition) is 0. The SMILES string of the molecule is CCCC1CCCCN1C(=O)N(C)C. The van der Waals surface area contributed by atoms with Crippen LogP contribution < -0.4 is 0 Å². The average Bonchev–Trinajstić information content (AvgIpc) is 2.18. The third-order valence-corrected chi connectivity index (χ3v) is 2.88. The molecule has 2 amide bonds. The molecule has 0 saturated carbocycles. The topological polar surface area (TPSA) is 23.6 Å². The molecule has 1 fully saturated rings. The second kappa shape index (κ2) is 5.23. The van der Waals surface area contributed by atoms with Crippen molar-refractivity contribution in [1.82, 2.24) is 9.80 Å². The first kappa shape index (κ1) is 11.3. The largest absolute Gasteiger partial charge is 0.331 e. The zero-order chi connectivity index (χ0) is 10.6. The Labute approximate surface area is 87.1 Å². The minimum Gasteiger partial charge on any atom is -0.331 e. The van der Waals surface area contributed by atoms with Gasteiger partial charge in [-0.25, -0.2) is 4.79 Å². The average molecular weight is 198 g/mol. The van der Waals surface area contributed by atoms with Crippen LogP contribution in [0.4, 0.5) is 4.79 Å². The molecule has 0 radical (unpaired) electrons. The normalized spacial score (nSPS) is 22.2. The van der Waals surface area contributed by atoms with Gasteiger partial charge in [0, 0.05) is 26.7 Å². The summed E-state index contributed by atoms with van der Waals surface area (Å²) in [6.45, 7) is 3.13. The van der Waals surface area contributed by atoms with E-state index >= 15 is 0 Å². The van der Waals surface area contributed by atoms with Crippen LogP contribution >= 0.6 is 0 Å². The fourth-order valence-corrected chi connectivity index (χ4v) is 2.14. The lowest BCUT2D eigenvalue weighted by Gasteiger charge is -2.37. The number of carbonyl (C=O) groups is 1. The molecule has 0 aliphatic carbocycles. The zero-order valence-corrected chi connectivity index (χ0v) is 9.62. The van der Waals surface area contributed by atoms with Crippen LogP contribution in [-0.4, -0.2) is 42.5 Å². The van der Waals surface area contributed by atoms with Gasteiger partial charge in [-0.1, -0.05) is 13.3 Å². The van der Waals surface area contributed by atoms with Crippen LogP contribution in [-0.2, 0) is 0 Å². The van der Waals surface area contributed by atoms with Gasteiger partial charge in [-0.15, -0.1) is 0 Å². The molecule has 0 aromatic rings. The van der Waals surface area contributed by atoms with Gasteiger partial charge in [0.2, 0.25) is 0 Å². The first-order valence-corrected chi connectivity index (χ1v) is 5.64. The van der Waals surface area contributed by atoms with Gasteiger partial charge in [0.25, 0.3) is 0 Å². The highest BCUT2D eigenvalue weighted by atomic mass is 16.2. The first-order valence-electron chi connectivity index (χ1n) is 5.64. The Hall–Kier alpha value is -0.730. The van der Waals surface area contributed by atoms with E-state index in [0.717, 1.165) is 13.0 Å². The maximum atomic E-state index is 11.8. The molecule has 1 aliphatic heterocycles. The summed E-state index contributed by atoms with van der Waals surface area (Å²) in [6, 6.07) is 0.673. The predicted molar refractivity (Wildman–Crippen MR) is 58.3 cm³/mol. The molecule has 1 aliphatic rings. The van der Waals surface area contributed by atoms with Gasteiger partial charge in [-0.2, -0.15) is 0 Å². The van der Waals surface area contributed by atoms with E-state index in [4.69, 9.17) is 0 Å². The number of amides is 2. The second-order valence-electron chi connectivity index (χ2n) is 4.31. The van der Waals surface area contributed by atoms with Crippen LogP contribution in [0.25, 0.3) is 0 Å². The fraction of sp³-hybridized carbons (Fsp3) is 0.909. The molecule has 82 valence electrons. The van der Waals surface area contributed by atoms with Crippen molar-refractivity contribution in [3.8, 4) is 0 Å². The first-order chi connectivity index (χ1) is 6.66. The maximum absolute atomic E-state index is 11.8. The fourth-order valence-electron chi connectivity index (χ4n) is 2.14. The van der Waals surface area contributed by atoms with Crippen molar-refractivity contribution in [2.75, 3.05) is 20.6 Å². The third kappa shape index (κ3) is 2.63. The lowest BCUT2D eigenvalue weighted by molar-refractivity contribution is 0.124. The predicted octanol–water partition coefficient (Wildman–Crippen LogP) is 2.32. The Morgan fingerprint density at radius 3 is 2.71 bits per heavy atom. The minimum absolute atomic E-state index is 0.183. The molecule has 1 unspecified atom stereocenters. The molecule has 0 bridgehead atoms. The lowest BCUT2D eigenvalue weighted by atomic mass is 9.99. The Bertz CT molecular complexity index is 190. The van der Waals surface area contributed by atoms with Gasteiger partial charge in [-0.3, -0.25) is 0 Å². The van der Waals surface area contributed by atoms with Crippen molar-refractivity contribution >= 4 is 6.03 Å². The van der Waals surface area contributed by atoms with E-state index in [1.165, 1.54) is 25.7 Å². The number of carbonyl (C=O) groups excluding carboxylic acids is 1. The van der Waals surface area contributed by atoms with Crippen molar-refractivity contribution in [3.05, 3.63) is 0 Å². The number of piperidine rings is 1. The highest BCUT2D eigenvalue weighted by Crippen LogP contribution is 2.21. The van der Waals surface area contributed by atoms with Gasteiger partial charge in [0.1, 0.15) is 0 Å². The molecule has 1 atom stereocenters. The smallest absolute Gasteiger partial charge is 0.319 e. The molecule has 3 heteroatoms. The Morgan fingerprint density at radius 1 is 1.43 bits per heavy atom. The summed E-state index contributed by atoms with van der Waals surface area (Å²) < 4.78 is 0. The van der Waals surface area contributed by atoms with Gasteiger partial charge >= 0.3 is 6.03 Å². The van der Waals surface area contributed by atoms with Crippen LogP contribution in [0.5, 0.6) is 0 Å². The van der Waals surface area contributed by atoms with Crippen molar-refractivity contribution in [1.29, 1.82) is 0 Å². The van der Waals surface area contributed by atoms with E-state index in [9.17, 15) is 4.79 Å². The molecule has 0 N–H and O–H groups in total. The highest BCUT2D eigenvalue weighted by molar-refractivity contribution is 5.74. The third-order valence-electron chi connectivity index (χ3n) is 2.88. The molecule has 14 heavy (non-hydrogen) atoms. The van der Waals surface area contributed by atoms with Crippen LogP contribution in [0.1, 0.15) is 39.0 Å². The van der Waals surface area contributed by atoms with E-state index in [0.29, 0.717) is 6.04 Å². The summed E-state index contributed by atoms with van der Waals surface area (Å²) >= 11 is 0. The molecule has 0 aromatic carbocycles. The number of urea groups is 1. The van der Waals surface area contributed by atoms with E-state index in [1.54, 1.807) is 4.90 Å². The molecule has 0 aromatic heterocycles. The standard InChI is InChI=1S/C11H22N2O/c1-4-7-10-8-5-6-9-13(10)11(14)12(2)3/h10H,4-9H2,1-3H3. The summed E-state index contributed by atoms with van der Waals surface area (Å²) in [5.41, 5.74) is 0. The Kier molecular flexibility index (Phi) is 4.23. The van der Waals surface area contributed by atoms with Crippen LogP contribution in [0.2, 0.25) is 0 Å². The number of rotatable bonds is 2. The van der Waals surface area contributed by atoms with Crippen molar-refractivity contribution < 1.29 is 4.79 Å². The summed E-state index contributed by atoms with van der Waals surface area (Å²) in [6.07, 6.45) is 5.95. The number of hydrogen-bond acceptors (Lipinski definition) is 1. The van der Waals surface area contributed by atoms with E-state index in [-0.39, 0.29) is 6.03 Å². The highest BCUT2D eigenvalue weighted by Gasteiger charge is 2.26. The van der Waals surface area contributed by atoms with Gasteiger partial charge in [-0.05, 0) is 25.7 Å². The quantitative estimate of drug-likeness (QED) is 0.668. The Morgan fingerprint density at radius 2 is 2.14 bits per heavy atom. The summed E-state index contributed by atoms with van der Waals surface area (Å²) in [5.74, 6) is 0. The molecular formula is C11H22N2O.